The van der Waals surface area contributed by atoms with Crippen LogP contribution in [0.3, 0.4) is 0 Å². The molecular formula is C12H12ClNO3S2. The summed E-state index contributed by atoms with van der Waals surface area (Å²) in [6.45, 7) is 0.908. The maximum Gasteiger partial charge on any atom is 0.276 e. The Labute approximate surface area is 120 Å². The molecule has 0 radical (unpaired) electrons. The van der Waals surface area contributed by atoms with E-state index in [9.17, 15) is 8.42 Å². The zero-order chi connectivity index (χ0) is 13.5. The number of nitrogens with zero attached hydrogens (tertiary/aromatic N) is 1. The highest BCUT2D eigenvalue weighted by Crippen LogP contribution is 2.28. The van der Waals surface area contributed by atoms with Crippen LogP contribution in [0.4, 0.5) is 0 Å². The van der Waals surface area contributed by atoms with Crippen LogP contribution in [0.1, 0.15) is 16.2 Å². The van der Waals surface area contributed by atoms with E-state index >= 15 is 0 Å². The Hall–Kier alpha value is -0.820. The summed E-state index contributed by atoms with van der Waals surface area (Å²) in [5.41, 5.74) is 1.09. The van der Waals surface area contributed by atoms with E-state index in [2.05, 4.69) is 0 Å². The smallest absolute Gasteiger partial charge is 0.276 e. The normalized spacial score (nSPS) is 16.5. The zero-order valence-corrected chi connectivity index (χ0v) is 12.4. The molecule has 102 valence electrons. The van der Waals surface area contributed by atoms with Crippen LogP contribution in [0, 0.1) is 0 Å². The number of hydrogen-bond acceptors (Lipinski definition) is 4. The van der Waals surface area contributed by atoms with Crippen LogP contribution in [0.25, 0.3) is 0 Å². The molecule has 0 fully saturated rings. The highest BCUT2D eigenvalue weighted by molar-refractivity contribution is 7.89. The lowest BCUT2D eigenvalue weighted by Gasteiger charge is -2.25. The van der Waals surface area contributed by atoms with E-state index in [1.54, 1.807) is 17.4 Å². The molecule has 0 saturated carbocycles. The van der Waals surface area contributed by atoms with E-state index in [0.29, 0.717) is 18.8 Å². The number of hydrogen-bond donors (Lipinski definition) is 0. The molecule has 0 bridgehead atoms. The molecule has 1 aliphatic heterocycles. The van der Waals surface area contributed by atoms with Crippen molar-refractivity contribution in [3.05, 3.63) is 39.8 Å². The quantitative estimate of drug-likeness (QED) is 0.818. The monoisotopic (exact) mass is 317 g/mol. The molecule has 0 saturated heterocycles. The third-order valence-corrected chi connectivity index (χ3v) is 6.14. The van der Waals surface area contributed by atoms with Gasteiger partial charge in [-0.25, -0.2) is 8.42 Å². The molecule has 19 heavy (non-hydrogen) atoms. The van der Waals surface area contributed by atoms with Crippen LogP contribution < -0.4 is 0 Å². The van der Waals surface area contributed by atoms with Gasteiger partial charge in [0.25, 0.3) is 10.0 Å². The van der Waals surface area contributed by atoms with Gasteiger partial charge in [0.15, 0.2) is 0 Å². The van der Waals surface area contributed by atoms with Gasteiger partial charge in [0.05, 0.1) is 5.88 Å². The minimum absolute atomic E-state index is 0.0261. The number of thiophene rings is 1. The number of furan rings is 1. The molecule has 2 aromatic rings. The summed E-state index contributed by atoms with van der Waals surface area (Å²) in [4.78, 5) is 1.27. The third kappa shape index (κ3) is 2.33. The van der Waals surface area contributed by atoms with E-state index in [1.165, 1.54) is 15.2 Å². The predicted octanol–water partition coefficient (Wildman–Crippen LogP) is 2.83. The van der Waals surface area contributed by atoms with Crippen LogP contribution in [-0.4, -0.2) is 19.3 Å². The number of halogens is 1. The van der Waals surface area contributed by atoms with Crippen LogP contribution in [-0.2, 0) is 28.9 Å². The van der Waals surface area contributed by atoms with Crippen molar-refractivity contribution in [3.63, 3.8) is 0 Å². The SMILES string of the molecule is O=S(=O)(c1ccc(CCl)o1)N1CCc2sccc2C1. The first-order valence-electron chi connectivity index (χ1n) is 5.81. The Morgan fingerprint density at radius 1 is 1.37 bits per heavy atom. The first-order valence-corrected chi connectivity index (χ1v) is 8.67. The second-order valence-electron chi connectivity index (χ2n) is 4.31. The molecule has 0 atom stereocenters. The van der Waals surface area contributed by atoms with Crippen LogP contribution >= 0.6 is 22.9 Å². The summed E-state index contributed by atoms with van der Waals surface area (Å²) in [6.07, 6.45) is 0.759. The molecule has 0 N–H and O–H groups in total. The van der Waals surface area contributed by atoms with Gasteiger partial charge in [0.1, 0.15) is 5.76 Å². The minimum Gasteiger partial charge on any atom is -0.447 e. The highest BCUT2D eigenvalue weighted by atomic mass is 35.5. The summed E-state index contributed by atoms with van der Waals surface area (Å²) in [5, 5.41) is 1.97. The highest BCUT2D eigenvalue weighted by Gasteiger charge is 2.31. The third-order valence-electron chi connectivity index (χ3n) is 3.14. The fraction of sp³-hybridized carbons (Fsp3) is 0.333. The van der Waals surface area contributed by atoms with Gasteiger partial charge in [-0.3, -0.25) is 0 Å². The van der Waals surface area contributed by atoms with Crippen LogP contribution in [0.15, 0.2) is 33.1 Å². The Balaban J connectivity index is 1.89. The van der Waals surface area contributed by atoms with E-state index in [1.807, 2.05) is 11.4 Å². The second-order valence-corrected chi connectivity index (χ2v) is 7.45. The van der Waals surface area contributed by atoms with Gasteiger partial charge in [-0.1, -0.05) is 0 Å². The predicted molar refractivity (Wildman–Crippen MR) is 73.9 cm³/mol. The minimum atomic E-state index is -3.56. The maximum atomic E-state index is 12.4. The largest absolute Gasteiger partial charge is 0.447 e. The van der Waals surface area contributed by atoms with Crippen molar-refractivity contribution in [1.29, 1.82) is 0 Å². The molecule has 3 heterocycles. The van der Waals surface area contributed by atoms with Crippen molar-refractivity contribution in [2.45, 2.75) is 23.9 Å². The Bertz CT molecular complexity index is 689. The molecule has 7 heteroatoms. The molecule has 0 aromatic carbocycles. The van der Waals surface area contributed by atoms with Crippen molar-refractivity contribution in [1.82, 2.24) is 4.31 Å². The van der Waals surface area contributed by atoms with E-state index < -0.39 is 10.0 Å². The molecule has 0 aliphatic carbocycles. The summed E-state index contributed by atoms with van der Waals surface area (Å²) in [6, 6.07) is 5.05. The average Bonchev–Trinajstić information content (AvgIpc) is 3.06. The number of rotatable bonds is 3. The van der Waals surface area contributed by atoms with Gasteiger partial charge in [-0.15, -0.1) is 22.9 Å². The van der Waals surface area contributed by atoms with Crippen molar-refractivity contribution in [2.24, 2.45) is 0 Å². The van der Waals surface area contributed by atoms with Gasteiger partial charge >= 0.3 is 0 Å². The lowest BCUT2D eigenvalue weighted by atomic mass is 10.1. The number of fused-ring (bicyclic) bond motifs is 1. The summed E-state index contributed by atoms with van der Waals surface area (Å²) in [7, 11) is -3.56. The van der Waals surface area contributed by atoms with Crippen molar-refractivity contribution in [3.8, 4) is 0 Å². The Morgan fingerprint density at radius 3 is 2.95 bits per heavy atom. The van der Waals surface area contributed by atoms with Gasteiger partial charge in [0.2, 0.25) is 5.09 Å². The topological polar surface area (TPSA) is 50.5 Å². The molecule has 3 rings (SSSR count). The summed E-state index contributed by atoms with van der Waals surface area (Å²) < 4.78 is 31.6. The fourth-order valence-electron chi connectivity index (χ4n) is 2.12. The van der Waals surface area contributed by atoms with Crippen molar-refractivity contribution < 1.29 is 12.8 Å². The van der Waals surface area contributed by atoms with Crippen molar-refractivity contribution >= 4 is 33.0 Å². The second kappa shape index (κ2) is 4.94. The lowest BCUT2D eigenvalue weighted by molar-refractivity contribution is 0.360. The Kier molecular flexibility index (Phi) is 3.42. The summed E-state index contributed by atoms with van der Waals surface area (Å²) in [5.74, 6) is 0.637. The molecule has 2 aromatic heterocycles. The van der Waals surface area contributed by atoms with Crippen LogP contribution in [0.2, 0.25) is 0 Å². The molecule has 0 unspecified atom stereocenters. The first-order chi connectivity index (χ1) is 9.11. The van der Waals surface area contributed by atoms with Gasteiger partial charge in [-0.05, 0) is 35.6 Å². The van der Waals surface area contributed by atoms with Gasteiger partial charge in [0, 0.05) is 18.0 Å². The molecule has 4 nitrogen and oxygen atoms in total. The number of sulfonamides is 1. The summed E-state index contributed by atoms with van der Waals surface area (Å²) >= 11 is 7.31. The zero-order valence-electron chi connectivity index (χ0n) is 10.0. The maximum absolute atomic E-state index is 12.4. The van der Waals surface area contributed by atoms with E-state index in [4.69, 9.17) is 16.0 Å². The molecule has 0 spiro atoms. The average molecular weight is 318 g/mol. The van der Waals surface area contributed by atoms with Gasteiger partial charge in [-0.2, -0.15) is 4.31 Å². The molecule has 0 amide bonds. The first kappa shape index (κ1) is 13.2. The standard InChI is InChI=1S/C12H12ClNO3S2/c13-7-10-1-2-12(17-10)19(15,16)14-5-3-11-9(8-14)4-6-18-11/h1-2,4,6H,3,5,7-8H2. The molecule has 1 aliphatic rings. The van der Waals surface area contributed by atoms with Crippen LogP contribution in [0.5, 0.6) is 0 Å². The van der Waals surface area contributed by atoms with E-state index in [-0.39, 0.29) is 11.0 Å². The van der Waals surface area contributed by atoms with Gasteiger partial charge < -0.3 is 4.42 Å². The lowest BCUT2D eigenvalue weighted by Crippen LogP contribution is -2.35. The Morgan fingerprint density at radius 2 is 2.21 bits per heavy atom. The fourth-order valence-corrected chi connectivity index (χ4v) is 4.50. The van der Waals surface area contributed by atoms with Crippen molar-refractivity contribution in [2.75, 3.05) is 6.54 Å². The number of alkyl halides is 1. The van der Waals surface area contributed by atoms with E-state index in [0.717, 1.165) is 12.0 Å². The molecular weight excluding hydrogens is 306 g/mol.